The fourth-order valence-corrected chi connectivity index (χ4v) is 4.87. The molecule has 2 atom stereocenters. The van der Waals surface area contributed by atoms with Crippen molar-refractivity contribution in [3.63, 3.8) is 0 Å². The van der Waals surface area contributed by atoms with Crippen molar-refractivity contribution in [3.05, 3.63) is 65.2 Å². The third kappa shape index (κ3) is 8.51. The van der Waals surface area contributed by atoms with Crippen LogP contribution in [0.1, 0.15) is 68.6 Å². The average molecular weight is 580 g/mol. The lowest BCUT2D eigenvalue weighted by molar-refractivity contribution is -0.144. The first-order valence-corrected chi connectivity index (χ1v) is 14.5. The van der Waals surface area contributed by atoms with Gasteiger partial charge in [0, 0.05) is 31.0 Å². The van der Waals surface area contributed by atoms with Crippen molar-refractivity contribution >= 4 is 41.3 Å². The summed E-state index contributed by atoms with van der Waals surface area (Å²) in [6.07, 6.45) is -0.535. The van der Waals surface area contributed by atoms with Crippen LogP contribution >= 0.6 is 11.8 Å². The minimum atomic E-state index is -0.923. The van der Waals surface area contributed by atoms with Gasteiger partial charge in [-0.2, -0.15) is 0 Å². The molecular formula is C31H37N3O6S. The van der Waals surface area contributed by atoms with Crippen LogP contribution in [0.25, 0.3) is 0 Å². The van der Waals surface area contributed by atoms with Crippen LogP contribution in [0.15, 0.2) is 48.5 Å². The minimum absolute atomic E-state index is 0.0529. The van der Waals surface area contributed by atoms with E-state index >= 15 is 0 Å². The Kier molecular flexibility index (Phi) is 10.8. The molecule has 3 rings (SSSR count). The Morgan fingerprint density at radius 3 is 2.49 bits per heavy atom. The molecule has 9 nitrogen and oxygen atoms in total. The summed E-state index contributed by atoms with van der Waals surface area (Å²) in [7, 11) is 1.64. The number of anilines is 1. The molecule has 2 unspecified atom stereocenters. The van der Waals surface area contributed by atoms with Gasteiger partial charge in [0.25, 0.3) is 11.8 Å². The van der Waals surface area contributed by atoms with E-state index in [9.17, 15) is 19.2 Å². The monoisotopic (exact) mass is 579 g/mol. The lowest BCUT2D eigenvalue weighted by atomic mass is 10.0. The number of rotatable bonds is 8. The number of alkyl carbamates (subject to hydrolysis) is 1. The summed E-state index contributed by atoms with van der Waals surface area (Å²) in [6, 6.07) is 12.7. The average Bonchev–Trinajstić information content (AvgIpc) is 2.99. The van der Waals surface area contributed by atoms with E-state index in [1.165, 1.54) is 21.6 Å². The van der Waals surface area contributed by atoms with E-state index in [1.807, 2.05) is 18.2 Å². The van der Waals surface area contributed by atoms with E-state index in [2.05, 4.69) is 16.5 Å². The molecule has 2 aromatic carbocycles. The summed E-state index contributed by atoms with van der Waals surface area (Å²) >= 11 is 1.32. The minimum Gasteiger partial charge on any atom is -0.466 e. The zero-order valence-electron chi connectivity index (χ0n) is 24.4. The van der Waals surface area contributed by atoms with Gasteiger partial charge in [0.15, 0.2) is 0 Å². The highest BCUT2D eigenvalue weighted by Crippen LogP contribution is 2.36. The molecule has 0 spiro atoms. The number of ether oxygens (including phenoxy) is 2. The molecule has 1 aliphatic rings. The summed E-state index contributed by atoms with van der Waals surface area (Å²) in [5.41, 5.74) is 1.47. The third-order valence-electron chi connectivity index (χ3n) is 6.16. The van der Waals surface area contributed by atoms with Crippen LogP contribution in [0.4, 0.5) is 10.5 Å². The van der Waals surface area contributed by atoms with Gasteiger partial charge in [0.2, 0.25) is 0 Å². The first-order chi connectivity index (χ1) is 19.4. The Morgan fingerprint density at radius 1 is 1.12 bits per heavy atom. The lowest BCUT2D eigenvalue weighted by Gasteiger charge is -2.34. The number of nitrogens with one attached hydrogen (secondary N) is 1. The number of carbonyl (C=O) groups is 4. The first-order valence-electron chi connectivity index (χ1n) is 13.5. The van der Waals surface area contributed by atoms with Crippen LogP contribution in [-0.2, 0) is 19.1 Å². The van der Waals surface area contributed by atoms with Crippen molar-refractivity contribution in [3.8, 4) is 11.2 Å². The highest BCUT2D eigenvalue weighted by Gasteiger charge is 2.42. The van der Waals surface area contributed by atoms with Gasteiger partial charge in [-0.3, -0.25) is 14.4 Å². The molecule has 0 aromatic heterocycles. The molecule has 0 radical (unpaired) electrons. The zero-order chi connectivity index (χ0) is 30.2. The first kappa shape index (κ1) is 31.6. The van der Waals surface area contributed by atoms with Crippen LogP contribution in [-0.4, -0.2) is 66.4 Å². The standard InChI is InChI=1S/C31H37N3O6S/c1-7-39-26(35)19-21(2)34-27(23-11-9-8-10-12-23)29(37)33(6)25-14-13-22(20-24(25)28(34)36)15-17-41-18-16-32-30(38)40-31(3,4)5/h8-14,20-21,27H,7,16,18-19H2,1-6H3,(H,32,38). The molecule has 3 amide bonds. The number of amides is 3. The van der Waals surface area contributed by atoms with E-state index in [0.717, 1.165) is 0 Å². The maximum Gasteiger partial charge on any atom is 0.407 e. The number of fused-ring (bicyclic) bond motifs is 1. The normalized spacial score (nSPS) is 15.7. The third-order valence-corrected chi connectivity index (χ3v) is 6.82. The quantitative estimate of drug-likeness (QED) is 0.273. The lowest BCUT2D eigenvalue weighted by Crippen LogP contribution is -2.46. The van der Waals surface area contributed by atoms with E-state index in [0.29, 0.717) is 34.7 Å². The van der Waals surface area contributed by atoms with Gasteiger partial charge in [-0.1, -0.05) is 48.0 Å². The SMILES string of the molecule is CCOC(=O)CC(C)N1C(=O)c2cc(C#CSCCNC(=O)OC(C)(C)C)ccc2N(C)C(=O)C1c1ccccc1. The molecular weight excluding hydrogens is 542 g/mol. The Balaban J connectivity index is 1.85. The van der Waals surface area contributed by atoms with Crippen molar-refractivity contribution in [2.45, 2.75) is 58.7 Å². The maximum absolute atomic E-state index is 14.1. The number of benzene rings is 2. The summed E-state index contributed by atoms with van der Waals surface area (Å²) in [5, 5.41) is 5.68. The molecule has 0 bridgehead atoms. The smallest absolute Gasteiger partial charge is 0.407 e. The Hall–Kier alpha value is -3.97. The number of thioether (sulfide) groups is 1. The van der Waals surface area contributed by atoms with Crippen molar-refractivity contribution < 1.29 is 28.7 Å². The van der Waals surface area contributed by atoms with Gasteiger partial charge in [-0.05, 0) is 63.6 Å². The van der Waals surface area contributed by atoms with Gasteiger partial charge in [-0.25, -0.2) is 4.79 Å². The molecule has 1 aliphatic heterocycles. The maximum atomic E-state index is 14.1. The van der Waals surface area contributed by atoms with Gasteiger partial charge in [-0.15, -0.1) is 0 Å². The Labute approximate surface area is 245 Å². The van der Waals surface area contributed by atoms with Crippen LogP contribution in [0.5, 0.6) is 0 Å². The molecule has 0 fully saturated rings. The second-order valence-electron chi connectivity index (χ2n) is 10.5. The van der Waals surface area contributed by atoms with E-state index in [4.69, 9.17) is 9.47 Å². The predicted molar refractivity (Wildman–Crippen MR) is 159 cm³/mol. The molecule has 41 heavy (non-hydrogen) atoms. The van der Waals surface area contributed by atoms with Crippen molar-refractivity contribution in [1.29, 1.82) is 0 Å². The molecule has 2 aromatic rings. The van der Waals surface area contributed by atoms with Crippen LogP contribution in [0.3, 0.4) is 0 Å². The van der Waals surface area contributed by atoms with E-state index in [-0.39, 0.29) is 24.8 Å². The molecule has 10 heteroatoms. The molecule has 0 saturated heterocycles. The second kappa shape index (κ2) is 14.1. The van der Waals surface area contributed by atoms with Gasteiger partial charge in [0.05, 0.1) is 24.3 Å². The number of carbonyl (C=O) groups excluding carboxylic acids is 4. The molecule has 1 heterocycles. The summed E-state index contributed by atoms with van der Waals surface area (Å²) in [6.45, 7) is 9.48. The van der Waals surface area contributed by atoms with Gasteiger partial charge in [0.1, 0.15) is 11.6 Å². The fraction of sp³-hybridized carbons (Fsp3) is 0.419. The van der Waals surface area contributed by atoms with Crippen molar-refractivity contribution in [2.24, 2.45) is 0 Å². The van der Waals surface area contributed by atoms with Crippen molar-refractivity contribution in [2.75, 3.05) is 30.9 Å². The largest absolute Gasteiger partial charge is 0.466 e. The number of hydrogen-bond donors (Lipinski definition) is 1. The predicted octanol–water partition coefficient (Wildman–Crippen LogP) is 4.76. The topological polar surface area (TPSA) is 105 Å². The Bertz CT molecular complexity index is 1330. The van der Waals surface area contributed by atoms with Crippen LogP contribution in [0, 0.1) is 11.2 Å². The van der Waals surface area contributed by atoms with Gasteiger partial charge >= 0.3 is 12.1 Å². The highest BCUT2D eigenvalue weighted by molar-refractivity contribution is 8.03. The van der Waals surface area contributed by atoms with E-state index in [1.54, 1.807) is 72.0 Å². The van der Waals surface area contributed by atoms with E-state index < -0.39 is 29.7 Å². The molecule has 0 aliphatic carbocycles. The summed E-state index contributed by atoms with van der Waals surface area (Å²) in [5.74, 6) is 2.49. The van der Waals surface area contributed by atoms with Crippen molar-refractivity contribution in [1.82, 2.24) is 10.2 Å². The number of nitrogens with zero attached hydrogens (tertiary/aromatic N) is 2. The van der Waals surface area contributed by atoms with Gasteiger partial charge < -0.3 is 24.6 Å². The zero-order valence-corrected chi connectivity index (χ0v) is 25.2. The number of esters is 1. The highest BCUT2D eigenvalue weighted by atomic mass is 32.2. The van der Waals surface area contributed by atoms with Crippen LogP contribution < -0.4 is 10.2 Å². The molecule has 218 valence electrons. The Morgan fingerprint density at radius 2 is 1.83 bits per heavy atom. The summed E-state index contributed by atoms with van der Waals surface area (Å²) in [4.78, 5) is 55.0. The number of likely N-dealkylation sites (N-methyl/N-ethyl adjacent to an activating group) is 1. The molecule has 1 N–H and O–H groups in total. The second-order valence-corrected chi connectivity index (χ2v) is 11.4. The molecule has 0 saturated carbocycles. The fourth-order valence-electron chi connectivity index (χ4n) is 4.37. The summed E-state index contributed by atoms with van der Waals surface area (Å²) < 4.78 is 10.3. The van der Waals surface area contributed by atoms with Crippen LogP contribution in [0.2, 0.25) is 0 Å². The number of hydrogen-bond acceptors (Lipinski definition) is 7.